The molecule has 0 aromatic heterocycles. The molecule has 5 nitrogen and oxygen atoms in total. The van der Waals surface area contributed by atoms with Gasteiger partial charge in [-0.1, -0.05) is 24.3 Å². The molecule has 0 unspecified atom stereocenters. The van der Waals surface area contributed by atoms with Gasteiger partial charge in [0, 0.05) is 32.7 Å². The first-order valence-corrected chi connectivity index (χ1v) is 8.99. The van der Waals surface area contributed by atoms with Crippen LogP contribution in [0.4, 0.5) is 5.69 Å². The minimum Gasteiger partial charge on any atom is -0.495 e. The highest BCUT2D eigenvalue weighted by Gasteiger charge is 2.19. The number of piperazine rings is 1. The smallest absolute Gasteiger partial charge is 0.142 e. The molecule has 5 heteroatoms. The molecular formula is C21H25N3O2. The number of hydrogen-bond donors (Lipinski definition) is 0. The Bertz CT molecular complexity index is 732. The summed E-state index contributed by atoms with van der Waals surface area (Å²) in [6.07, 6.45) is 0.441. The number of anilines is 1. The van der Waals surface area contributed by atoms with E-state index in [0.29, 0.717) is 13.0 Å². The number of benzene rings is 2. The average Bonchev–Trinajstić information content (AvgIpc) is 2.70. The molecule has 3 rings (SSSR count). The molecule has 1 heterocycles. The second-order valence-corrected chi connectivity index (χ2v) is 6.33. The molecule has 0 radical (unpaired) electrons. The molecule has 136 valence electrons. The Morgan fingerprint density at radius 1 is 1.00 bits per heavy atom. The fraction of sp³-hybridized carbons (Fsp3) is 0.381. The van der Waals surface area contributed by atoms with Crippen molar-refractivity contribution in [2.45, 2.75) is 6.42 Å². The van der Waals surface area contributed by atoms with E-state index >= 15 is 0 Å². The number of nitriles is 1. The van der Waals surface area contributed by atoms with Gasteiger partial charge in [-0.05, 0) is 29.8 Å². The molecule has 1 aliphatic rings. The second-order valence-electron chi connectivity index (χ2n) is 6.33. The maximum Gasteiger partial charge on any atom is 0.142 e. The van der Waals surface area contributed by atoms with Gasteiger partial charge in [0.25, 0.3) is 0 Å². The summed E-state index contributed by atoms with van der Waals surface area (Å²) in [7, 11) is 1.72. The molecule has 0 amide bonds. The summed E-state index contributed by atoms with van der Waals surface area (Å²) in [6, 6.07) is 18.1. The van der Waals surface area contributed by atoms with E-state index in [4.69, 9.17) is 14.7 Å². The van der Waals surface area contributed by atoms with Crippen LogP contribution in [0, 0.1) is 11.3 Å². The van der Waals surface area contributed by atoms with Gasteiger partial charge in [0.05, 0.1) is 25.3 Å². The van der Waals surface area contributed by atoms with E-state index in [1.807, 2.05) is 36.4 Å². The first kappa shape index (κ1) is 18.1. The molecule has 1 saturated heterocycles. The van der Waals surface area contributed by atoms with E-state index in [-0.39, 0.29) is 0 Å². The van der Waals surface area contributed by atoms with Crippen molar-refractivity contribution in [3.05, 3.63) is 54.1 Å². The van der Waals surface area contributed by atoms with E-state index < -0.39 is 0 Å². The van der Waals surface area contributed by atoms with Gasteiger partial charge in [0.2, 0.25) is 0 Å². The number of nitrogens with zero attached hydrogens (tertiary/aromatic N) is 3. The van der Waals surface area contributed by atoms with Gasteiger partial charge < -0.3 is 14.4 Å². The third-order valence-corrected chi connectivity index (χ3v) is 4.68. The molecule has 0 bridgehead atoms. The molecule has 1 fully saturated rings. The fourth-order valence-corrected chi connectivity index (χ4v) is 3.19. The summed E-state index contributed by atoms with van der Waals surface area (Å²) in [5, 5.41) is 8.70. The van der Waals surface area contributed by atoms with Crippen molar-refractivity contribution < 1.29 is 9.47 Å². The lowest BCUT2D eigenvalue weighted by Gasteiger charge is -2.36. The van der Waals surface area contributed by atoms with E-state index in [9.17, 15) is 0 Å². The Balaban J connectivity index is 1.42. The highest BCUT2D eigenvalue weighted by Crippen LogP contribution is 2.28. The van der Waals surface area contributed by atoms with Gasteiger partial charge in [-0.25, -0.2) is 0 Å². The van der Waals surface area contributed by atoms with Crippen LogP contribution < -0.4 is 14.4 Å². The Morgan fingerprint density at radius 2 is 1.73 bits per heavy atom. The van der Waals surface area contributed by atoms with Crippen LogP contribution in [0.15, 0.2) is 48.5 Å². The van der Waals surface area contributed by atoms with E-state index in [1.165, 1.54) is 5.69 Å². The van der Waals surface area contributed by atoms with Crippen LogP contribution in [0.2, 0.25) is 0 Å². The first-order chi connectivity index (χ1) is 12.8. The quantitative estimate of drug-likeness (QED) is 0.768. The van der Waals surface area contributed by atoms with Crippen LogP contribution in [0.3, 0.4) is 0 Å². The zero-order valence-electron chi connectivity index (χ0n) is 15.2. The summed E-state index contributed by atoms with van der Waals surface area (Å²) in [4.78, 5) is 4.81. The van der Waals surface area contributed by atoms with Gasteiger partial charge in [0.15, 0.2) is 0 Å². The lowest BCUT2D eigenvalue weighted by Crippen LogP contribution is -2.47. The Kier molecular flexibility index (Phi) is 6.34. The number of methoxy groups -OCH3 is 1. The zero-order chi connectivity index (χ0) is 18.2. The molecule has 26 heavy (non-hydrogen) atoms. The SMILES string of the molecule is COc1ccccc1N1CCN(CCOc2ccc(CC#N)cc2)CC1. The first-order valence-electron chi connectivity index (χ1n) is 8.99. The summed E-state index contributed by atoms with van der Waals surface area (Å²) in [6.45, 7) is 5.60. The Labute approximate surface area is 155 Å². The lowest BCUT2D eigenvalue weighted by molar-refractivity contribution is 0.200. The predicted molar refractivity (Wildman–Crippen MR) is 103 cm³/mol. The van der Waals surface area contributed by atoms with Crippen molar-refractivity contribution in [1.82, 2.24) is 4.90 Å². The highest BCUT2D eigenvalue weighted by molar-refractivity contribution is 5.58. The number of ether oxygens (including phenoxy) is 2. The monoisotopic (exact) mass is 351 g/mol. The third-order valence-electron chi connectivity index (χ3n) is 4.68. The maximum atomic E-state index is 8.70. The van der Waals surface area contributed by atoms with Crippen molar-refractivity contribution >= 4 is 5.69 Å². The Hall–Kier alpha value is -2.71. The largest absolute Gasteiger partial charge is 0.495 e. The summed E-state index contributed by atoms with van der Waals surface area (Å²) >= 11 is 0. The van der Waals surface area contributed by atoms with Crippen LogP contribution in [0.1, 0.15) is 5.56 Å². The zero-order valence-corrected chi connectivity index (χ0v) is 15.2. The lowest BCUT2D eigenvalue weighted by atomic mass is 10.2. The van der Waals surface area contributed by atoms with Crippen molar-refractivity contribution in [2.24, 2.45) is 0 Å². The van der Waals surface area contributed by atoms with Gasteiger partial charge >= 0.3 is 0 Å². The van der Waals surface area contributed by atoms with Gasteiger partial charge in [0.1, 0.15) is 18.1 Å². The van der Waals surface area contributed by atoms with E-state index in [0.717, 1.165) is 49.8 Å². The molecule has 0 spiro atoms. The average molecular weight is 351 g/mol. The van der Waals surface area contributed by atoms with Gasteiger partial charge in [-0.3, -0.25) is 4.90 Å². The molecule has 1 aliphatic heterocycles. The predicted octanol–water partition coefficient (Wildman–Crippen LogP) is 2.96. The highest BCUT2D eigenvalue weighted by atomic mass is 16.5. The van der Waals surface area contributed by atoms with E-state index in [2.05, 4.69) is 28.0 Å². The minimum absolute atomic E-state index is 0.441. The Morgan fingerprint density at radius 3 is 2.42 bits per heavy atom. The molecule has 0 N–H and O–H groups in total. The van der Waals surface area contributed by atoms with Crippen molar-refractivity contribution in [1.29, 1.82) is 5.26 Å². The topological polar surface area (TPSA) is 48.7 Å². The minimum atomic E-state index is 0.441. The fourth-order valence-electron chi connectivity index (χ4n) is 3.19. The molecule has 2 aromatic rings. The standard InChI is InChI=1S/C21H25N3O2/c1-25-21-5-3-2-4-20(21)24-14-12-23(13-15-24)16-17-26-19-8-6-18(7-9-19)10-11-22/h2-9H,10,12-17H2,1H3. The van der Waals surface area contributed by atoms with Gasteiger partial charge in [-0.15, -0.1) is 0 Å². The van der Waals surface area contributed by atoms with Crippen LogP contribution in [0.5, 0.6) is 11.5 Å². The van der Waals surface area contributed by atoms with Crippen LogP contribution >= 0.6 is 0 Å². The van der Waals surface area contributed by atoms with Crippen molar-refractivity contribution in [2.75, 3.05) is 51.3 Å². The summed E-state index contributed by atoms with van der Waals surface area (Å²) < 4.78 is 11.3. The molecule has 2 aromatic carbocycles. The normalized spacial score (nSPS) is 14.7. The van der Waals surface area contributed by atoms with Crippen LogP contribution in [0.25, 0.3) is 0 Å². The molecule has 0 atom stereocenters. The summed E-state index contributed by atoms with van der Waals surface area (Å²) in [5.41, 5.74) is 2.19. The summed E-state index contributed by atoms with van der Waals surface area (Å²) in [5.74, 6) is 1.79. The van der Waals surface area contributed by atoms with E-state index in [1.54, 1.807) is 7.11 Å². The molecular weight excluding hydrogens is 326 g/mol. The molecule has 0 saturated carbocycles. The van der Waals surface area contributed by atoms with Gasteiger partial charge in [-0.2, -0.15) is 5.26 Å². The number of rotatable bonds is 7. The van der Waals surface area contributed by atoms with Crippen LogP contribution in [-0.4, -0.2) is 51.3 Å². The number of para-hydroxylation sites is 2. The van der Waals surface area contributed by atoms with Crippen LogP contribution in [-0.2, 0) is 6.42 Å². The van der Waals surface area contributed by atoms with Crippen molar-refractivity contribution in [3.8, 4) is 17.6 Å². The maximum absolute atomic E-state index is 8.70. The number of hydrogen-bond acceptors (Lipinski definition) is 5. The second kappa shape index (κ2) is 9.12. The molecule has 0 aliphatic carbocycles. The third kappa shape index (κ3) is 4.68. The van der Waals surface area contributed by atoms with Crippen molar-refractivity contribution in [3.63, 3.8) is 0 Å².